The summed E-state index contributed by atoms with van der Waals surface area (Å²) in [6.45, 7) is 6.44. The van der Waals surface area contributed by atoms with Crippen molar-refractivity contribution in [1.82, 2.24) is 4.98 Å². The Morgan fingerprint density at radius 3 is 2.85 bits per heavy atom. The van der Waals surface area contributed by atoms with Crippen LogP contribution < -0.4 is 5.73 Å². The molecule has 72 valence electrons. The molecule has 0 fully saturated rings. The second-order valence-corrected chi connectivity index (χ2v) is 4.65. The maximum Gasteiger partial charge on any atom is 0.0993 e. The standard InChI is InChI=1S/C10H16N2S/c1-4-8(3)13-10-7(2)5-9(11)6-12-10/h5-6,8H,4,11H2,1-3H3. The van der Waals surface area contributed by atoms with Gasteiger partial charge in [0.05, 0.1) is 16.9 Å². The van der Waals surface area contributed by atoms with E-state index in [1.165, 1.54) is 5.56 Å². The van der Waals surface area contributed by atoms with E-state index in [2.05, 4.69) is 18.8 Å². The largest absolute Gasteiger partial charge is 0.397 e. The fourth-order valence-electron chi connectivity index (χ4n) is 0.981. The Kier molecular flexibility index (Phi) is 3.60. The van der Waals surface area contributed by atoms with E-state index in [0.717, 1.165) is 17.1 Å². The molecule has 1 unspecified atom stereocenters. The molecule has 13 heavy (non-hydrogen) atoms. The van der Waals surface area contributed by atoms with E-state index < -0.39 is 0 Å². The summed E-state index contributed by atoms with van der Waals surface area (Å²) in [6.07, 6.45) is 2.88. The van der Waals surface area contributed by atoms with Gasteiger partial charge in [-0.15, -0.1) is 11.8 Å². The number of anilines is 1. The van der Waals surface area contributed by atoms with E-state index in [4.69, 9.17) is 5.73 Å². The number of thioether (sulfide) groups is 1. The molecule has 1 rings (SSSR count). The molecule has 0 aliphatic carbocycles. The molecule has 1 aromatic rings. The van der Waals surface area contributed by atoms with Crippen molar-refractivity contribution < 1.29 is 0 Å². The van der Waals surface area contributed by atoms with Crippen molar-refractivity contribution in [1.29, 1.82) is 0 Å². The summed E-state index contributed by atoms with van der Waals surface area (Å²) < 4.78 is 0. The zero-order valence-corrected chi connectivity index (χ0v) is 9.19. The molecule has 1 aromatic heterocycles. The molecule has 2 nitrogen and oxygen atoms in total. The topological polar surface area (TPSA) is 38.9 Å². The van der Waals surface area contributed by atoms with E-state index >= 15 is 0 Å². The van der Waals surface area contributed by atoms with Crippen LogP contribution in [0.15, 0.2) is 17.3 Å². The summed E-state index contributed by atoms with van der Waals surface area (Å²) in [7, 11) is 0. The van der Waals surface area contributed by atoms with Crippen LogP contribution >= 0.6 is 11.8 Å². The third-order valence-corrected chi connectivity index (χ3v) is 3.33. The predicted molar refractivity (Wildman–Crippen MR) is 59.0 cm³/mol. The molecule has 1 atom stereocenters. The first-order valence-electron chi connectivity index (χ1n) is 4.52. The van der Waals surface area contributed by atoms with E-state index in [1.807, 2.05) is 24.8 Å². The monoisotopic (exact) mass is 196 g/mol. The van der Waals surface area contributed by atoms with Gasteiger partial charge in [0, 0.05) is 5.25 Å². The van der Waals surface area contributed by atoms with Crippen LogP contribution in [0.5, 0.6) is 0 Å². The van der Waals surface area contributed by atoms with Crippen molar-refractivity contribution in [3.8, 4) is 0 Å². The number of hydrogen-bond donors (Lipinski definition) is 1. The van der Waals surface area contributed by atoms with Crippen molar-refractivity contribution >= 4 is 17.4 Å². The fourth-order valence-corrected chi connectivity index (χ4v) is 1.89. The summed E-state index contributed by atoms with van der Waals surface area (Å²) in [5.74, 6) is 0. The molecule has 0 saturated heterocycles. The smallest absolute Gasteiger partial charge is 0.0993 e. The van der Waals surface area contributed by atoms with Crippen LogP contribution in [-0.2, 0) is 0 Å². The third kappa shape index (κ3) is 2.92. The number of hydrogen-bond acceptors (Lipinski definition) is 3. The van der Waals surface area contributed by atoms with Crippen molar-refractivity contribution in [3.05, 3.63) is 17.8 Å². The van der Waals surface area contributed by atoms with E-state index in [0.29, 0.717) is 5.25 Å². The minimum absolute atomic E-state index is 0.620. The van der Waals surface area contributed by atoms with Crippen LogP contribution in [0.3, 0.4) is 0 Å². The lowest BCUT2D eigenvalue weighted by atomic mass is 10.3. The first-order valence-corrected chi connectivity index (χ1v) is 5.40. The Labute approximate surface area is 83.9 Å². The van der Waals surface area contributed by atoms with Crippen LogP contribution in [0, 0.1) is 6.92 Å². The molecule has 0 spiro atoms. The lowest BCUT2D eigenvalue weighted by molar-refractivity contribution is 0.899. The number of aryl methyl sites for hydroxylation is 1. The highest BCUT2D eigenvalue weighted by Crippen LogP contribution is 2.26. The summed E-state index contributed by atoms with van der Waals surface area (Å²) in [6, 6.07) is 1.97. The first-order chi connectivity index (χ1) is 6.13. The zero-order valence-electron chi connectivity index (χ0n) is 8.37. The van der Waals surface area contributed by atoms with Crippen LogP contribution in [-0.4, -0.2) is 10.2 Å². The molecule has 0 aliphatic heterocycles. The molecule has 0 bridgehead atoms. The maximum atomic E-state index is 5.62. The second-order valence-electron chi connectivity index (χ2n) is 3.23. The SMILES string of the molecule is CCC(C)Sc1ncc(N)cc1C. The lowest BCUT2D eigenvalue weighted by Crippen LogP contribution is -1.96. The number of aromatic nitrogens is 1. The Bertz CT molecular complexity index is 286. The zero-order chi connectivity index (χ0) is 9.84. The number of nitrogen functional groups attached to an aromatic ring is 1. The second kappa shape index (κ2) is 4.51. The Morgan fingerprint density at radius 2 is 2.31 bits per heavy atom. The van der Waals surface area contributed by atoms with Crippen LogP contribution in [0.4, 0.5) is 5.69 Å². The van der Waals surface area contributed by atoms with E-state index in [-0.39, 0.29) is 0 Å². The molecule has 0 saturated carbocycles. The molecule has 0 aromatic carbocycles. The van der Waals surface area contributed by atoms with Crippen molar-refractivity contribution in [2.24, 2.45) is 0 Å². The highest BCUT2D eigenvalue weighted by molar-refractivity contribution is 7.99. The molecule has 0 amide bonds. The van der Waals surface area contributed by atoms with Crippen molar-refractivity contribution in [2.75, 3.05) is 5.73 Å². The Balaban J connectivity index is 2.77. The van der Waals surface area contributed by atoms with Gasteiger partial charge in [-0.05, 0) is 25.0 Å². The predicted octanol–water partition coefficient (Wildman–Crippen LogP) is 2.86. The summed E-state index contributed by atoms with van der Waals surface area (Å²) in [4.78, 5) is 4.30. The van der Waals surface area contributed by atoms with E-state index in [9.17, 15) is 0 Å². The number of nitrogens with two attached hydrogens (primary N) is 1. The van der Waals surface area contributed by atoms with Crippen molar-refractivity contribution in [3.63, 3.8) is 0 Å². The fraction of sp³-hybridized carbons (Fsp3) is 0.500. The van der Waals surface area contributed by atoms with Crippen LogP contribution in [0.1, 0.15) is 25.8 Å². The van der Waals surface area contributed by atoms with Crippen molar-refractivity contribution in [2.45, 2.75) is 37.5 Å². The summed E-state index contributed by atoms with van der Waals surface area (Å²) >= 11 is 1.81. The summed E-state index contributed by atoms with van der Waals surface area (Å²) in [5.41, 5.74) is 7.53. The molecule has 3 heteroatoms. The van der Waals surface area contributed by atoms with Gasteiger partial charge in [-0.25, -0.2) is 4.98 Å². The van der Waals surface area contributed by atoms with Gasteiger partial charge in [0.2, 0.25) is 0 Å². The number of nitrogens with zero attached hydrogens (tertiary/aromatic N) is 1. The number of pyridine rings is 1. The Hall–Kier alpha value is -0.700. The van der Waals surface area contributed by atoms with Gasteiger partial charge < -0.3 is 5.73 Å². The van der Waals surface area contributed by atoms with Gasteiger partial charge in [0.25, 0.3) is 0 Å². The molecule has 0 radical (unpaired) electrons. The quantitative estimate of drug-likeness (QED) is 0.755. The highest BCUT2D eigenvalue weighted by Gasteiger charge is 2.05. The molecule has 1 heterocycles. The first kappa shape index (κ1) is 10.4. The molecular weight excluding hydrogens is 180 g/mol. The van der Waals surface area contributed by atoms with Crippen LogP contribution in [0.25, 0.3) is 0 Å². The third-order valence-electron chi connectivity index (χ3n) is 1.94. The van der Waals surface area contributed by atoms with Gasteiger partial charge >= 0.3 is 0 Å². The molecule has 2 N–H and O–H groups in total. The maximum absolute atomic E-state index is 5.62. The summed E-state index contributed by atoms with van der Waals surface area (Å²) in [5, 5.41) is 1.72. The molecule has 0 aliphatic rings. The minimum Gasteiger partial charge on any atom is -0.397 e. The van der Waals surface area contributed by atoms with Gasteiger partial charge in [-0.2, -0.15) is 0 Å². The van der Waals surface area contributed by atoms with E-state index in [1.54, 1.807) is 6.20 Å². The average Bonchev–Trinajstić information content (AvgIpc) is 2.09. The van der Waals surface area contributed by atoms with Gasteiger partial charge in [-0.3, -0.25) is 0 Å². The minimum atomic E-state index is 0.620. The normalized spacial score (nSPS) is 12.8. The van der Waals surface area contributed by atoms with Gasteiger partial charge in [-0.1, -0.05) is 13.8 Å². The highest BCUT2D eigenvalue weighted by atomic mass is 32.2. The van der Waals surface area contributed by atoms with Gasteiger partial charge in [0.1, 0.15) is 0 Å². The lowest BCUT2D eigenvalue weighted by Gasteiger charge is -2.09. The number of rotatable bonds is 3. The van der Waals surface area contributed by atoms with Gasteiger partial charge in [0.15, 0.2) is 0 Å². The van der Waals surface area contributed by atoms with Crippen LogP contribution in [0.2, 0.25) is 0 Å². The molecular formula is C10H16N2S. The average molecular weight is 196 g/mol. The Morgan fingerprint density at radius 1 is 1.62 bits per heavy atom.